The van der Waals surface area contributed by atoms with Crippen LogP contribution < -0.4 is 0 Å². The molecule has 18 heavy (non-hydrogen) atoms. The molecule has 0 aromatic heterocycles. The van der Waals surface area contributed by atoms with E-state index >= 15 is 0 Å². The standard InChI is InChI=1S/C13H23NO3Si/c1-5-11-10-12(15)6-7-14(11)13(16)17-8-9-18(2,3)4/h5,11H,1,6-10H2,2-4H3. The minimum atomic E-state index is -1.18. The van der Waals surface area contributed by atoms with Crippen LogP contribution in [0.15, 0.2) is 12.7 Å². The van der Waals surface area contributed by atoms with E-state index in [9.17, 15) is 9.59 Å². The normalized spacial score (nSPS) is 20.7. The van der Waals surface area contributed by atoms with Crippen LogP contribution in [0, 0.1) is 0 Å². The van der Waals surface area contributed by atoms with E-state index in [2.05, 4.69) is 26.2 Å². The van der Waals surface area contributed by atoms with E-state index in [1.54, 1.807) is 11.0 Å². The Labute approximate surface area is 110 Å². The van der Waals surface area contributed by atoms with Crippen molar-refractivity contribution in [3.63, 3.8) is 0 Å². The number of nitrogens with zero attached hydrogens (tertiary/aromatic N) is 1. The second kappa shape index (κ2) is 6.18. The molecule has 4 nitrogen and oxygen atoms in total. The Bertz CT molecular complexity index is 336. The summed E-state index contributed by atoms with van der Waals surface area (Å²) in [6.45, 7) is 11.3. The highest BCUT2D eigenvalue weighted by Gasteiger charge is 2.29. The number of amides is 1. The van der Waals surface area contributed by atoms with E-state index < -0.39 is 8.07 Å². The molecule has 1 amide bonds. The van der Waals surface area contributed by atoms with Gasteiger partial charge in [0.05, 0.1) is 12.6 Å². The first-order valence-electron chi connectivity index (χ1n) is 6.41. The Balaban J connectivity index is 2.45. The number of rotatable bonds is 4. The van der Waals surface area contributed by atoms with Gasteiger partial charge in [-0.3, -0.25) is 4.79 Å². The molecular weight excluding hydrogens is 246 g/mol. The lowest BCUT2D eigenvalue weighted by Gasteiger charge is -2.32. The predicted octanol–water partition coefficient (Wildman–Crippen LogP) is 2.68. The second-order valence-electron chi connectivity index (χ2n) is 5.91. The van der Waals surface area contributed by atoms with Gasteiger partial charge < -0.3 is 9.64 Å². The summed E-state index contributed by atoms with van der Waals surface area (Å²) in [4.78, 5) is 24.9. The first-order chi connectivity index (χ1) is 8.33. The van der Waals surface area contributed by atoms with E-state index in [1.165, 1.54) is 0 Å². The van der Waals surface area contributed by atoms with Crippen LogP contribution in [-0.2, 0) is 9.53 Å². The summed E-state index contributed by atoms with van der Waals surface area (Å²) in [6.07, 6.45) is 2.13. The summed E-state index contributed by atoms with van der Waals surface area (Å²) in [5, 5.41) is 0. The van der Waals surface area contributed by atoms with Gasteiger partial charge in [0.15, 0.2) is 0 Å². The zero-order valence-electron chi connectivity index (χ0n) is 11.6. The van der Waals surface area contributed by atoms with Gasteiger partial charge in [0.2, 0.25) is 0 Å². The molecule has 102 valence electrons. The number of hydrogen-bond acceptors (Lipinski definition) is 3. The van der Waals surface area contributed by atoms with Crippen molar-refractivity contribution in [2.24, 2.45) is 0 Å². The van der Waals surface area contributed by atoms with Crippen molar-refractivity contribution in [2.75, 3.05) is 13.2 Å². The first-order valence-corrected chi connectivity index (χ1v) is 10.1. The molecule has 0 radical (unpaired) electrons. The van der Waals surface area contributed by atoms with Gasteiger partial charge in [-0.1, -0.05) is 25.7 Å². The number of ether oxygens (including phenoxy) is 1. The maximum atomic E-state index is 11.9. The zero-order valence-corrected chi connectivity index (χ0v) is 12.6. The molecule has 0 bridgehead atoms. The average Bonchev–Trinajstić information content (AvgIpc) is 2.26. The minimum Gasteiger partial charge on any atom is -0.450 e. The second-order valence-corrected chi connectivity index (χ2v) is 11.5. The van der Waals surface area contributed by atoms with Gasteiger partial charge in [0.1, 0.15) is 5.78 Å². The van der Waals surface area contributed by atoms with Crippen molar-refractivity contribution in [2.45, 2.75) is 44.6 Å². The van der Waals surface area contributed by atoms with Crippen molar-refractivity contribution in [1.29, 1.82) is 0 Å². The molecule has 1 heterocycles. The molecule has 1 saturated heterocycles. The third-order valence-electron chi connectivity index (χ3n) is 3.05. The van der Waals surface area contributed by atoms with Crippen molar-refractivity contribution < 1.29 is 14.3 Å². The van der Waals surface area contributed by atoms with Crippen LogP contribution in [0.25, 0.3) is 0 Å². The fourth-order valence-electron chi connectivity index (χ4n) is 1.82. The number of likely N-dealkylation sites (tertiary alicyclic amines) is 1. The molecule has 1 atom stereocenters. The lowest BCUT2D eigenvalue weighted by molar-refractivity contribution is -0.122. The van der Waals surface area contributed by atoms with Crippen molar-refractivity contribution in [3.8, 4) is 0 Å². The maximum Gasteiger partial charge on any atom is 0.410 e. The highest BCUT2D eigenvalue weighted by Crippen LogP contribution is 2.17. The number of hydrogen-bond donors (Lipinski definition) is 0. The Hall–Kier alpha value is -1.10. The van der Waals surface area contributed by atoms with Crippen LogP contribution in [0.4, 0.5) is 4.79 Å². The fraction of sp³-hybridized carbons (Fsp3) is 0.692. The molecule has 0 spiro atoms. The summed E-state index contributed by atoms with van der Waals surface area (Å²) in [5.74, 6) is 0.186. The lowest BCUT2D eigenvalue weighted by Crippen LogP contribution is -2.45. The Morgan fingerprint density at radius 2 is 2.22 bits per heavy atom. The van der Waals surface area contributed by atoms with Crippen molar-refractivity contribution in [1.82, 2.24) is 4.90 Å². The van der Waals surface area contributed by atoms with Gasteiger partial charge in [0, 0.05) is 27.5 Å². The molecule has 0 aromatic carbocycles. The lowest BCUT2D eigenvalue weighted by atomic mass is 10.0. The summed E-state index contributed by atoms with van der Waals surface area (Å²) >= 11 is 0. The molecule has 0 aromatic rings. The average molecular weight is 269 g/mol. The van der Waals surface area contributed by atoms with Gasteiger partial charge in [-0.15, -0.1) is 6.58 Å². The van der Waals surface area contributed by atoms with Gasteiger partial charge in [-0.25, -0.2) is 4.79 Å². The van der Waals surface area contributed by atoms with Crippen LogP contribution in [0.5, 0.6) is 0 Å². The number of carbonyl (C=O) groups is 2. The van der Waals surface area contributed by atoms with E-state index in [4.69, 9.17) is 4.74 Å². The molecule has 1 aliphatic rings. The number of ketones is 1. The van der Waals surface area contributed by atoms with E-state index in [0.717, 1.165) is 6.04 Å². The highest BCUT2D eigenvalue weighted by molar-refractivity contribution is 6.76. The number of carbonyl (C=O) groups excluding carboxylic acids is 2. The molecule has 1 aliphatic heterocycles. The molecule has 0 saturated carbocycles. The van der Waals surface area contributed by atoms with Crippen LogP contribution >= 0.6 is 0 Å². The Kier molecular flexibility index (Phi) is 5.13. The first kappa shape index (κ1) is 15.0. The summed E-state index contributed by atoms with van der Waals surface area (Å²) in [5.41, 5.74) is 0. The van der Waals surface area contributed by atoms with Crippen LogP contribution in [-0.4, -0.2) is 44.0 Å². The fourth-order valence-corrected chi connectivity index (χ4v) is 2.54. The molecule has 1 unspecified atom stereocenters. The quantitative estimate of drug-likeness (QED) is 0.582. The van der Waals surface area contributed by atoms with Crippen LogP contribution in [0.3, 0.4) is 0 Å². The highest BCUT2D eigenvalue weighted by atomic mass is 28.3. The number of piperidine rings is 1. The predicted molar refractivity (Wildman–Crippen MR) is 74.4 cm³/mol. The molecule has 5 heteroatoms. The molecule has 1 rings (SSSR count). The van der Waals surface area contributed by atoms with Gasteiger partial charge in [0.25, 0.3) is 0 Å². The Morgan fingerprint density at radius 1 is 1.56 bits per heavy atom. The van der Waals surface area contributed by atoms with Gasteiger partial charge in [-0.2, -0.15) is 0 Å². The Morgan fingerprint density at radius 3 is 2.78 bits per heavy atom. The number of Topliss-reactive ketones (excluding diaryl/α,β-unsaturated/α-hetero) is 1. The smallest absolute Gasteiger partial charge is 0.410 e. The topological polar surface area (TPSA) is 46.6 Å². The molecule has 1 fully saturated rings. The SMILES string of the molecule is C=CC1CC(=O)CCN1C(=O)OCC[Si](C)(C)C. The third kappa shape index (κ3) is 4.64. The largest absolute Gasteiger partial charge is 0.450 e. The van der Waals surface area contributed by atoms with Crippen LogP contribution in [0.2, 0.25) is 25.7 Å². The molecular formula is C13H23NO3Si. The molecule has 0 N–H and O–H groups in total. The maximum absolute atomic E-state index is 11.9. The van der Waals surface area contributed by atoms with E-state index in [1.807, 2.05) is 0 Å². The van der Waals surface area contributed by atoms with E-state index in [-0.39, 0.29) is 17.9 Å². The summed E-state index contributed by atoms with van der Waals surface area (Å²) < 4.78 is 5.29. The zero-order chi connectivity index (χ0) is 13.8. The summed E-state index contributed by atoms with van der Waals surface area (Å²) in [6, 6.07) is 0.759. The van der Waals surface area contributed by atoms with Crippen molar-refractivity contribution >= 4 is 20.0 Å². The van der Waals surface area contributed by atoms with Gasteiger partial charge in [-0.05, 0) is 6.04 Å². The van der Waals surface area contributed by atoms with Crippen LogP contribution in [0.1, 0.15) is 12.8 Å². The van der Waals surface area contributed by atoms with Crippen molar-refractivity contribution in [3.05, 3.63) is 12.7 Å². The monoisotopic (exact) mass is 269 g/mol. The third-order valence-corrected chi connectivity index (χ3v) is 4.76. The summed E-state index contributed by atoms with van der Waals surface area (Å²) in [7, 11) is -1.18. The van der Waals surface area contributed by atoms with E-state index in [0.29, 0.717) is 26.0 Å². The molecule has 0 aliphatic carbocycles. The van der Waals surface area contributed by atoms with Gasteiger partial charge >= 0.3 is 6.09 Å². The minimum absolute atomic E-state index is 0.186.